The van der Waals surface area contributed by atoms with E-state index in [0.717, 1.165) is 87.3 Å². The average molecular weight is 489 g/mol. The van der Waals surface area contributed by atoms with Gasteiger partial charge in [0.2, 0.25) is 0 Å². The van der Waals surface area contributed by atoms with E-state index in [1.54, 1.807) is 12.4 Å². The van der Waals surface area contributed by atoms with Gasteiger partial charge in [0, 0.05) is 64.0 Å². The summed E-state index contributed by atoms with van der Waals surface area (Å²) in [5.74, 6) is 0.781. The highest BCUT2D eigenvalue weighted by molar-refractivity contribution is 6.00. The lowest BCUT2D eigenvalue weighted by Gasteiger charge is -2.23. The second kappa shape index (κ2) is 9.11. The standard InChI is InChI=1S/C28H24N8O/c1-2-17(11-30-5-1)24-15-32-16-26-22(24)10-25(34-26)27-23-9-19(13-33-28(23)36-35-27)18-8-21(14-31-12-18)37-20-3-6-29-7-4-20/h1-2,5,8-16,20,29,34H,3-4,6-7H2,(H,33,35,36). The maximum atomic E-state index is 6.21. The molecule has 0 amide bonds. The van der Waals surface area contributed by atoms with Gasteiger partial charge in [-0.15, -0.1) is 0 Å². The maximum absolute atomic E-state index is 6.21. The zero-order valence-corrected chi connectivity index (χ0v) is 20.0. The summed E-state index contributed by atoms with van der Waals surface area (Å²) in [5.41, 5.74) is 7.28. The third kappa shape index (κ3) is 4.09. The first-order chi connectivity index (χ1) is 18.3. The number of aromatic amines is 2. The van der Waals surface area contributed by atoms with Gasteiger partial charge in [0.15, 0.2) is 5.65 Å². The molecule has 0 saturated carbocycles. The van der Waals surface area contributed by atoms with Crippen LogP contribution in [0.1, 0.15) is 12.8 Å². The van der Waals surface area contributed by atoms with E-state index in [4.69, 9.17) is 4.74 Å². The SMILES string of the molecule is c1cncc(-c2cncc3[nH]c(-c4n[nH]c5ncc(-c6cncc(OC7CCNCC7)c6)cc45)cc23)c1. The van der Waals surface area contributed by atoms with E-state index in [-0.39, 0.29) is 6.10 Å². The summed E-state index contributed by atoms with van der Waals surface area (Å²) in [6, 6.07) is 10.2. The number of hydrogen-bond acceptors (Lipinski definition) is 7. The Bertz CT molecular complexity index is 1700. The summed E-state index contributed by atoms with van der Waals surface area (Å²) in [4.78, 5) is 21.2. The molecule has 0 unspecified atom stereocenters. The van der Waals surface area contributed by atoms with Crippen LogP contribution < -0.4 is 10.1 Å². The number of ether oxygens (including phenoxy) is 1. The van der Waals surface area contributed by atoms with Crippen LogP contribution in [0.4, 0.5) is 0 Å². The predicted octanol–water partition coefficient (Wildman–Crippen LogP) is 4.76. The van der Waals surface area contributed by atoms with Crippen molar-refractivity contribution in [3.05, 3.63) is 73.7 Å². The fraction of sp³-hybridized carbons (Fsp3) is 0.179. The minimum absolute atomic E-state index is 0.215. The zero-order valence-electron chi connectivity index (χ0n) is 20.0. The molecule has 0 aromatic carbocycles. The molecule has 3 N–H and O–H groups in total. The molecule has 0 bridgehead atoms. The van der Waals surface area contributed by atoms with Crippen molar-refractivity contribution < 1.29 is 4.74 Å². The molecule has 37 heavy (non-hydrogen) atoms. The average Bonchev–Trinajstić information content (AvgIpc) is 3.58. The van der Waals surface area contributed by atoms with Crippen molar-refractivity contribution in [2.24, 2.45) is 0 Å². The molecule has 1 aliphatic rings. The van der Waals surface area contributed by atoms with Gasteiger partial charge >= 0.3 is 0 Å². The van der Waals surface area contributed by atoms with Crippen molar-refractivity contribution in [3.63, 3.8) is 0 Å². The number of piperidine rings is 1. The summed E-state index contributed by atoms with van der Waals surface area (Å²) in [6.07, 6.45) is 15.0. The normalized spacial score (nSPS) is 14.4. The van der Waals surface area contributed by atoms with Crippen molar-refractivity contribution in [2.45, 2.75) is 18.9 Å². The molecule has 0 atom stereocenters. The lowest BCUT2D eigenvalue weighted by Crippen LogP contribution is -2.34. The smallest absolute Gasteiger partial charge is 0.155 e. The van der Waals surface area contributed by atoms with Crippen molar-refractivity contribution in [3.8, 4) is 39.4 Å². The van der Waals surface area contributed by atoms with Gasteiger partial charge in [-0.2, -0.15) is 5.10 Å². The van der Waals surface area contributed by atoms with Crippen molar-refractivity contribution in [1.82, 2.24) is 40.4 Å². The van der Waals surface area contributed by atoms with Crippen LogP contribution >= 0.6 is 0 Å². The fourth-order valence-electron chi connectivity index (χ4n) is 4.94. The Labute approximate surface area is 212 Å². The number of rotatable bonds is 5. The first kappa shape index (κ1) is 21.6. The van der Waals surface area contributed by atoms with Crippen LogP contribution in [0.2, 0.25) is 0 Å². The van der Waals surface area contributed by atoms with E-state index in [1.165, 1.54) is 0 Å². The molecule has 1 saturated heterocycles. The highest BCUT2D eigenvalue weighted by atomic mass is 16.5. The molecule has 9 heteroatoms. The van der Waals surface area contributed by atoms with E-state index in [2.05, 4.69) is 52.6 Å². The molecule has 1 aliphatic heterocycles. The molecule has 7 heterocycles. The third-order valence-electron chi connectivity index (χ3n) is 6.83. The monoisotopic (exact) mass is 488 g/mol. The molecular formula is C28H24N8O. The highest BCUT2D eigenvalue weighted by Gasteiger charge is 2.17. The van der Waals surface area contributed by atoms with Gasteiger partial charge in [-0.05, 0) is 50.2 Å². The Balaban J connectivity index is 1.26. The van der Waals surface area contributed by atoms with E-state index < -0.39 is 0 Å². The van der Waals surface area contributed by atoms with E-state index in [0.29, 0.717) is 0 Å². The van der Waals surface area contributed by atoms with Crippen LogP contribution in [-0.2, 0) is 0 Å². The quantitative estimate of drug-likeness (QED) is 0.320. The van der Waals surface area contributed by atoms with E-state index >= 15 is 0 Å². The lowest BCUT2D eigenvalue weighted by atomic mass is 10.1. The molecule has 7 rings (SSSR count). The van der Waals surface area contributed by atoms with Crippen molar-refractivity contribution >= 4 is 21.9 Å². The summed E-state index contributed by atoms with van der Waals surface area (Å²) in [6.45, 7) is 1.96. The molecule has 0 radical (unpaired) electrons. The topological polar surface area (TPSA) is 117 Å². The lowest BCUT2D eigenvalue weighted by molar-refractivity contribution is 0.162. The number of nitrogens with one attached hydrogen (secondary N) is 3. The summed E-state index contributed by atoms with van der Waals surface area (Å²) in [7, 11) is 0. The number of H-pyrrole nitrogens is 2. The number of nitrogens with zero attached hydrogens (tertiary/aromatic N) is 5. The van der Waals surface area contributed by atoms with Crippen LogP contribution in [0.25, 0.3) is 55.6 Å². The second-order valence-corrected chi connectivity index (χ2v) is 9.24. The minimum Gasteiger partial charge on any atom is -0.489 e. The Morgan fingerprint density at radius 3 is 2.57 bits per heavy atom. The van der Waals surface area contributed by atoms with Gasteiger partial charge in [0.05, 0.1) is 23.6 Å². The largest absolute Gasteiger partial charge is 0.489 e. The van der Waals surface area contributed by atoms with Gasteiger partial charge in [0.1, 0.15) is 17.5 Å². The first-order valence-electron chi connectivity index (χ1n) is 12.4. The Morgan fingerprint density at radius 1 is 0.811 bits per heavy atom. The van der Waals surface area contributed by atoms with E-state index in [1.807, 2.05) is 49.2 Å². The first-order valence-corrected chi connectivity index (χ1v) is 12.4. The molecule has 182 valence electrons. The summed E-state index contributed by atoms with van der Waals surface area (Å²) in [5, 5.41) is 13.0. The third-order valence-corrected chi connectivity index (χ3v) is 6.83. The molecule has 9 nitrogen and oxygen atoms in total. The minimum atomic E-state index is 0.215. The van der Waals surface area contributed by atoms with Crippen LogP contribution in [0.5, 0.6) is 5.75 Å². The number of hydrogen-bond donors (Lipinski definition) is 3. The van der Waals surface area contributed by atoms with Gasteiger partial charge in [-0.1, -0.05) is 6.07 Å². The molecule has 0 spiro atoms. The van der Waals surface area contributed by atoms with Crippen LogP contribution in [-0.4, -0.2) is 54.3 Å². The predicted molar refractivity (Wildman–Crippen MR) is 142 cm³/mol. The van der Waals surface area contributed by atoms with Crippen molar-refractivity contribution in [1.29, 1.82) is 0 Å². The van der Waals surface area contributed by atoms with E-state index in [9.17, 15) is 0 Å². The number of aromatic nitrogens is 7. The zero-order chi connectivity index (χ0) is 24.6. The summed E-state index contributed by atoms with van der Waals surface area (Å²) >= 11 is 0. The molecule has 1 fully saturated rings. The Hall–Kier alpha value is -4.63. The molecular weight excluding hydrogens is 464 g/mol. The number of pyridine rings is 4. The number of fused-ring (bicyclic) bond motifs is 2. The fourth-order valence-corrected chi connectivity index (χ4v) is 4.94. The van der Waals surface area contributed by atoms with Gasteiger partial charge in [-0.25, -0.2) is 4.98 Å². The second-order valence-electron chi connectivity index (χ2n) is 9.24. The van der Waals surface area contributed by atoms with Crippen LogP contribution in [0.15, 0.2) is 73.7 Å². The van der Waals surface area contributed by atoms with Crippen LogP contribution in [0, 0.1) is 0 Å². The van der Waals surface area contributed by atoms with Gasteiger partial charge in [0.25, 0.3) is 0 Å². The van der Waals surface area contributed by atoms with Crippen LogP contribution in [0.3, 0.4) is 0 Å². The molecule has 6 aromatic rings. The molecule has 6 aromatic heterocycles. The Kier molecular flexibility index (Phi) is 5.32. The highest BCUT2D eigenvalue weighted by Crippen LogP contribution is 2.34. The summed E-state index contributed by atoms with van der Waals surface area (Å²) < 4.78 is 6.21. The van der Waals surface area contributed by atoms with Gasteiger partial charge in [-0.3, -0.25) is 20.1 Å². The Morgan fingerprint density at radius 2 is 1.68 bits per heavy atom. The van der Waals surface area contributed by atoms with Crippen molar-refractivity contribution in [2.75, 3.05) is 13.1 Å². The van der Waals surface area contributed by atoms with Gasteiger partial charge < -0.3 is 15.0 Å². The molecule has 0 aliphatic carbocycles. The maximum Gasteiger partial charge on any atom is 0.155 e.